The molecule has 5 nitrogen and oxygen atoms in total. The third kappa shape index (κ3) is 3.06. The van der Waals surface area contributed by atoms with Crippen molar-refractivity contribution in [2.24, 2.45) is 7.05 Å². The van der Waals surface area contributed by atoms with Crippen LogP contribution < -0.4 is 11.0 Å². The largest absolute Gasteiger partial charge is 0.328 e. The van der Waals surface area contributed by atoms with Crippen molar-refractivity contribution in [3.05, 3.63) is 111 Å². The van der Waals surface area contributed by atoms with Crippen LogP contribution in [-0.2, 0) is 13.6 Å². The molecule has 3 aromatic carbocycles. The predicted octanol–water partition coefficient (Wildman–Crippen LogP) is 4.27. The first-order valence-corrected chi connectivity index (χ1v) is 10.2. The Labute approximate surface area is 178 Å². The molecule has 152 valence electrons. The van der Waals surface area contributed by atoms with Crippen LogP contribution in [0.1, 0.15) is 11.1 Å². The van der Waals surface area contributed by atoms with Crippen LogP contribution in [-0.4, -0.2) is 14.1 Å². The number of benzene rings is 3. The molecular weight excluding hydrogens is 386 g/mol. The van der Waals surface area contributed by atoms with Crippen molar-refractivity contribution in [3.8, 4) is 11.4 Å². The van der Waals surface area contributed by atoms with Gasteiger partial charge in [0.1, 0.15) is 11.2 Å². The molecular formula is C26H21N3O2. The van der Waals surface area contributed by atoms with Gasteiger partial charge in [-0.15, -0.1) is 0 Å². The Balaban J connectivity index is 1.94. The summed E-state index contributed by atoms with van der Waals surface area (Å²) in [6.07, 6.45) is 0. The van der Waals surface area contributed by atoms with Crippen molar-refractivity contribution in [1.82, 2.24) is 14.1 Å². The van der Waals surface area contributed by atoms with Crippen molar-refractivity contribution in [2.45, 2.75) is 13.5 Å². The first-order chi connectivity index (χ1) is 15.1. The second-order valence-electron chi connectivity index (χ2n) is 7.73. The highest BCUT2D eigenvalue weighted by Crippen LogP contribution is 2.24. The lowest BCUT2D eigenvalue weighted by atomic mass is 10.1. The molecule has 0 fully saturated rings. The summed E-state index contributed by atoms with van der Waals surface area (Å²) in [4.78, 5) is 32.0. The molecule has 0 unspecified atom stereocenters. The number of hydrogen-bond acceptors (Lipinski definition) is 3. The lowest BCUT2D eigenvalue weighted by Gasteiger charge is -2.17. The Kier molecular flexibility index (Phi) is 4.51. The number of nitrogens with zero attached hydrogens (tertiary/aromatic N) is 3. The van der Waals surface area contributed by atoms with Gasteiger partial charge in [-0.05, 0) is 30.2 Å². The highest BCUT2D eigenvalue weighted by molar-refractivity contribution is 5.92. The number of hydrogen-bond donors (Lipinski definition) is 0. The Bertz CT molecular complexity index is 1560. The van der Waals surface area contributed by atoms with Gasteiger partial charge >= 0.3 is 0 Å². The summed E-state index contributed by atoms with van der Waals surface area (Å²) in [5.41, 5.74) is 3.41. The van der Waals surface area contributed by atoms with Gasteiger partial charge in [0.15, 0.2) is 5.65 Å². The van der Waals surface area contributed by atoms with Crippen LogP contribution in [0, 0.1) is 6.92 Å². The first-order valence-electron chi connectivity index (χ1n) is 10.2. The minimum absolute atomic E-state index is 0.120. The summed E-state index contributed by atoms with van der Waals surface area (Å²) < 4.78 is 3.46. The predicted molar refractivity (Wildman–Crippen MR) is 124 cm³/mol. The van der Waals surface area contributed by atoms with Crippen LogP contribution in [0.5, 0.6) is 0 Å². The molecule has 0 N–H and O–H groups in total. The zero-order valence-electron chi connectivity index (χ0n) is 17.4. The second-order valence-corrected chi connectivity index (χ2v) is 7.73. The van der Waals surface area contributed by atoms with Crippen molar-refractivity contribution in [2.75, 3.05) is 0 Å². The van der Waals surface area contributed by atoms with Gasteiger partial charge in [0, 0.05) is 18.0 Å². The minimum atomic E-state index is -0.321. The summed E-state index contributed by atoms with van der Waals surface area (Å²) in [7, 11) is 1.85. The maximum Gasteiger partial charge on any atom is 0.267 e. The first kappa shape index (κ1) is 19.0. The molecule has 5 heteroatoms. The molecule has 0 aliphatic heterocycles. The fraction of sp³-hybridized carbons (Fsp3) is 0.115. The second kappa shape index (κ2) is 7.36. The van der Waals surface area contributed by atoms with Gasteiger partial charge in [0.25, 0.3) is 5.56 Å². The third-order valence-electron chi connectivity index (χ3n) is 5.77. The Morgan fingerprint density at radius 2 is 1.52 bits per heavy atom. The maximum atomic E-state index is 13.8. The highest BCUT2D eigenvalue weighted by atomic mass is 16.1. The minimum Gasteiger partial charge on any atom is -0.328 e. The van der Waals surface area contributed by atoms with Crippen LogP contribution in [0.25, 0.3) is 33.3 Å². The fourth-order valence-electron chi connectivity index (χ4n) is 4.13. The van der Waals surface area contributed by atoms with E-state index >= 15 is 0 Å². The molecule has 31 heavy (non-hydrogen) atoms. The number of fused-ring (bicyclic) bond motifs is 2. The van der Waals surface area contributed by atoms with Gasteiger partial charge in [-0.1, -0.05) is 66.7 Å². The summed E-state index contributed by atoms with van der Waals surface area (Å²) >= 11 is 0. The van der Waals surface area contributed by atoms with Gasteiger partial charge in [0.2, 0.25) is 5.43 Å². The average molecular weight is 407 g/mol. The third-order valence-corrected chi connectivity index (χ3v) is 5.77. The molecule has 0 bridgehead atoms. The Hall–Kier alpha value is -3.99. The number of aryl methyl sites for hydroxylation is 2. The Morgan fingerprint density at radius 3 is 2.29 bits per heavy atom. The molecule has 5 rings (SSSR count). The standard InChI is InChI=1S/C26H21N3O2/c1-17-10-6-7-13-19(17)24-27-25-22(23(30)20-14-8-9-15-21(20)28(25)2)26(31)29(24)16-18-11-4-3-5-12-18/h3-15H,16H2,1-2H3. The van der Waals surface area contributed by atoms with E-state index in [2.05, 4.69) is 0 Å². The van der Waals surface area contributed by atoms with Crippen LogP contribution in [0.3, 0.4) is 0 Å². The van der Waals surface area contributed by atoms with Gasteiger partial charge in [-0.25, -0.2) is 4.98 Å². The van der Waals surface area contributed by atoms with E-state index in [9.17, 15) is 9.59 Å². The molecule has 0 aliphatic rings. The van der Waals surface area contributed by atoms with Crippen molar-refractivity contribution in [1.29, 1.82) is 0 Å². The summed E-state index contributed by atoms with van der Waals surface area (Å²) in [6, 6.07) is 24.9. The molecule has 2 aromatic heterocycles. The van der Waals surface area contributed by atoms with Gasteiger partial charge < -0.3 is 4.57 Å². The normalized spacial score (nSPS) is 11.3. The topological polar surface area (TPSA) is 56.9 Å². The lowest BCUT2D eigenvalue weighted by molar-refractivity contribution is 0.753. The average Bonchev–Trinajstić information content (AvgIpc) is 2.80. The van der Waals surface area contributed by atoms with Crippen LogP contribution in [0.4, 0.5) is 0 Å². The molecule has 0 atom stereocenters. The number of pyridine rings is 1. The maximum absolute atomic E-state index is 13.8. The molecule has 2 heterocycles. The van der Waals surface area contributed by atoms with Crippen LogP contribution in [0.2, 0.25) is 0 Å². The van der Waals surface area contributed by atoms with Crippen LogP contribution in [0.15, 0.2) is 88.5 Å². The molecule has 0 spiro atoms. The van der Waals surface area contributed by atoms with E-state index in [1.54, 1.807) is 10.6 Å². The van der Waals surface area contributed by atoms with E-state index in [0.717, 1.165) is 22.2 Å². The van der Waals surface area contributed by atoms with Crippen molar-refractivity contribution < 1.29 is 0 Å². The molecule has 0 amide bonds. The van der Waals surface area contributed by atoms with Crippen LogP contribution >= 0.6 is 0 Å². The zero-order chi connectivity index (χ0) is 21.5. The smallest absolute Gasteiger partial charge is 0.267 e. The van der Waals surface area contributed by atoms with Gasteiger partial charge in [0.05, 0.1) is 12.1 Å². The molecule has 0 radical (unpaired) electrons. The SMILES string of the molecule is Cc1ccccc1-c1nc2c(c(=O)c3ccccc3n2C)c(=O)n1Cc1ccccc1. The van der Waals surface area contributed by atoms with E-state index < -0.39 is 0 Å². The summed E-state index contributed by atoms with van der Waals surface area (Å²) in [5, 5.41) is 0.640. The molecule has 0 saturated heterocycles. The number of para-hydroxylation sites is 1. The highest BCUT2D eigenvalue weighted by Gasteiger charge is 2.20. The van der Waals surface area contributed by atoms with Gasteiger partial charge in [-0.2, -0.15) is 0 Å². The van der Waals surface area contributed by atoms with E-state index in [1.807, 2.05) is 91.3 Å². The lowest BCUT2D eigenvalue weighted by Crippen LogP contribution is -2.29. The molecule has 0 saturated carbocycles. The quantitative estimate of drug-likeness (QED) is 0.420. The number of aromatic nitrogens is 3. The number of rotatable bonds is 3. The molecule has 5 aromatic rings. The van der Waals surface area contributed by atoms with E-state index in [1.165, 1.54) is 0 Å². The van der Waals surface area contributed by atoms with E-state index in [4.69, 9.17) is 4.98 Å². The van der Waals surface area contributed by atoms with Crippen molar-refractivity contribution >= 4 is 21.9 Å². The Morgan fingerprint density at radius 1 is 0.839 bits per heavy atom. The van der Waals surface area contributed by atoms with Gasteiger partial charge in [-0.3, -0.25) is 14.2 Å². The summed E-state index contributed by atoms with van der Waals surface area (Å²) in [5.74, 6) is 0.560. The zero-order valence-corrected chi connectivity index (χ0v) is 17.4. The molecule has 0 aliphatic carbocycles. The van der Waals surface area contributed by atoms with E-state index in [-0.39, 0.29) is 16.4 Å². The fourth-order valence-corrected chi connectivity index (χ4v) is 4.13. The monoisotopic (exact) mass is 407 g/mol. The van der Waals surface area contributed by atoms with E-state index in [0.29, 0.717) is 23.4 Å². The summed E-state index contributed by atoms with van der Waals surface area (Å²) in [6.45, 7) is 2.33. The van der Waals surface area contributed by atoms with Crippen molar-refractivity contribution in [3.63, 3.8) is 0 Å².